The number of nitrogens with two attached hydrogens (primary N) is 1. The van der Waals surface area contributed by atoms with Crippen molar-refractivity contribution in [1.82, 2.24) is 4.90 Å². The maximum absolute atomic E-state index is 11.5. The van der Waals surface area contributed by atoms with E-state index in [1.165, 1.54) is 4.90 Å². The first-order valence-electron chi connectivity index (χ1n) is 5.46. The summed E-state index contributed by atoms with van der Waals surface area (Å²) in [6.07, 6.45) is 1.64. The summed E-state index contributed by atoms with van der Waals surface area (Å²) in [4.78, 5) is 13.1. The van der Waals surface area contributed by atoms with Crippen molar-refractivity contribution in [2.45, 2.75) is 52.2 Å². The molecule has 0 aliphatic carbocycles. The Morgan fingerprint density at radius 1 is 1.47 bits per heavy atom. The maximum Gasteiger partial charge on any atom is 0.410 e. The minimum absolute atomic E-state index is 0.0347. The van der Waals surface area contributed by atoms with Gasteiger partial charge < -0.3 is 15.4 Å². The van der Waals surface area contributed by atoms with Gasteiger partial charge in [0.2, 0.25) is 0 Å². The van der Waals surface area contributed by atoms with E-state index in [2.05, 4.69) is 6.92 Å². The molecule has 0 heterocycles. The van der Waals surface area contributed by atoms with Crippen LogP contribution >= 0.6 is 0 Å². The van der Waals surface area contributed by atoms with Gasteiger partial charge in [-0.2, -0.15) is 0 Å². The van der Waals surface area contributed by atoms with Crippen LogP contribution in [0.5, 0.6) is 0 Å². The number of nitrogens with zero attached hydrogens (tertiary/aromatic N) is 1. The van der Waals surface area contributed by atoms with Crippen molar-refractivity contribution >= 4 is 6.09 Å². The zero-order chi connectivity index (χ0) is 12.1. The van der Waals surface area contributed by atoms with Gasteiger partial charge >= 0.3 is 6.09 Å². The van der Waals surface area contributed by atoms with E-state index in [-0.39, 0.29) is 12.1 Å². The third-order valence-electron chi connectivity index (χ3n) is 1.87. The largest absolute Gasteiger partial charge is 0.444 e. The average Bonchev–Trinajstić information content (AvgIpc) is 2.00. The van der Waals surface area contributed by atoms with Crippen LogP contribution in [-0.2, 0) is 4.74 Å². The van der Waals surface area contributed by atoms with Crippen LogP contribution in [0.15, 0.2) is 0 Å². The number of carbonyl (C=O) groups excluding carboxylic acids is 1. The second kappa shape index (κ2) is 5.95. The molecule has 0 aromatic rings. The molecule has 4 heteroatoms. The highest BCUT2D eigenvalue weighted by atomic mass is 16.6. The van der Waals surface area contributed by atoms with E-state index in [0.717, 1.165) is 12.8 Å². The van der Waals surface area contributed by atoms with Crippen LogP contribution in [0.3, 0.4) is 0 Å². The minimum Gasteiger partial charge on any atom is -0.444 e. The molecule has 15 heavy (non-hydrogen) atoms. The van der Waals surface area contributed by atoms with E-state index < -0.39 is 5.60 Å². The zero-order valence-electron chi connectivity index (χ0n) is 10.5. The van der Waals surface area contributed by atoms with Crippen molar-refractivity contribution < 1.29 is 9.53 Å². The van der Waals surface area contributed by atoms with Gasteiger partial charge in [0, 0.05) is 19.6 Å². The lowest BCUT2D eigenvalue weighted by atomic mass is 10.2. The summed E-state index contributed by atoms with van der Waals surface area (Å²) in [6.45, 7) is 8.18. The van der Waals surface area contributed by atoms with Crippen LogP contribution in [0.4, 0.5) is 4.79 Å². The Balaban J connectivity index is 3.99. The Bertz CT molecular complexity index is 199. The van der Waals surface area contributed by atoms with Crippen LogP contribution < -0.4 is 5.73 Å². The second-order valence-corrected chi connectivity index (χ2v) is 4.91. The summed E-state index contributed by atoms with van der Waals surface area (Å²) in [7, 11) is 1.71. The second-order valence-electron chi connectivity index (χ2n) is 4.91. The van der Waals surface area contributed by atoms with Crippen molar-refractivity contribution in [2.75, 3.05) is 13.6 Å². The molecule has 0 rings (SSSR count). The number of ether oxygens (including phenoxy) is 1. The topological polar surface area (TPSA) is 55.6 Å². The van der Waals surface area contributed by atoms with E-state index in [4.69, 9.17) is 10.5 Å². The van der Waals surface area contributed by atoms with E-state index in [0.29, 0.717) is 6.54 Å². The maximum atomic E-state index is 11.5. The average molecular weight is 216 g/mol. The first-order chi connectivity index (χ1) is 6.76. The van der Waals surface area contributed by atoms with Crippen molar-refractivity contribution in [3.05, 3.63) is 0 Å². The molecule has 0 fully saturated rings. The fourth-order valence-corrected chi connectivity index (χ4v) is 1.23. The van der Waals surface area contributed by atoms with Crippen LogP contribution in [0, 0.1) is 0 Å². The molecule has 0 aliphatic heterocycles. The van der Waals surface area contributed by atoms with Gasteiger partial charge in [0.05, 0.1) is 0 Å². The summed E-state index contributed by atoms with van der Waals surface area (Å²) in [6, 6.07) is 0.0347. The van der Waals surface area contributed by atoms with Crippen LogP contribution in [0.1, 0.15) is 40.5 Å². The summed E-state index contributed by atoms with van der Waals surface area (Å²) < 4.78 is 5.21. The van der Waals surface area contributed by atoms with Crippen molar-refractivity contribution in [2.24, 2.45) is 5.73 Å². The highest BCUT2D eigenvalue weighted by molar-refractivity contribution is 5.67. The molecule has 2 N–H and O–H groups in total. The Morgan fingerprint density at radius 2 is 2.00 bits per heavy atom. The molecule has 0 aliphatic rings. The monoisotopic (exact) mass is 216 g/mol. The van der Waals surface area contributed by atoms with Crippen molar-refractivity contribution in [3.63, 3.8) is 0 Å². The van der Waals surface area contributed by atoms with Gasteiger partial charge in [-0.3, -0.25) is 0 Å². The lowest BCUT2D eigenvalue weighted by Gasteiger charge is -2.26. The normalized spacial score (nSPS) is 13.5. The molecule has 1 amide bonds. The molecule has 0 aromatic heterocycles. The summed E-state index contributed by atoms with van der Waals surface area (Å²) >= 11 is 0. The van der Waals surface area contributed by atoms with E-state index >= 15 is 0 Å². The SMILES string of the molecule is CCC[C@@H](N)CN(C)C(=O)OC(C)(C)C. The summed E-state index contributed by atoms with van der Waals surface area (Å²) in [5.41, 5.74) is 5.39. The van der Waals surface area contributed by atoms with Gasteiger partial charge in [-0.05, 0) is 27.2 Å². The molecular formula is C11H24N2O2. The lowest BCUT2D eigenvalue weighted by molar-refractivity contribution is 0.0288. The lowest BCUT2D eigenvalue weighted by Crippen LogP contribution is -2.41. The fourth-order valence-electron chi connectivity index (χ4n) is 1.23. The Kier molecular flexibility index (Phi) is 5.65. The third-order valence-corrected chi connectivity index (χ3v) is 1.87. The molecule has 0 spiro atoms. The predicted molar refractivity (Wildman–Crippen MR) is 61.7 cm³/mol. The van der Waals surface area contributed by atoms with Gasteiger partial charge in [0.25, 0.3) is 0 Å². The van der Waals surface area contributed by atoms with Gasteiger partial charge in [-0.25, -0.2) is 4.79 Å². The molecule has 0 bridgehead atoms. The molecule has 4 nitrogen and oxygen atoms in total. The van der Waals surface area contributed by atoms with Gasteiger partial charge in [0.1, 0.15) is 5.60 Å². The van der Waals surface area contributed by atoms with Gasteiger partial charge in [0.15, 0.2) is 0 Å². The zero-order valence-corrected chi connectivity index (χ0v) is 10.5. The van der Waals surface area contributed by atoms with E-state index in [1.807, 2.05) is 20.8 Å². The molecule has 0 aromatic carbocycles. The van der Waals surface area contributed by atoms with Gasteiger partial charge in [-0.1, -0.05) is 13.3 Å². The number of amides is 1. The fraction of sp³-hybridized carbons (Fsp3) is 0.909. The minimum atomic E-state index is -0.444. The number of carbonyl (C=O) groups is 1. The molecule has 0 radical (unpaired) electrons. The highest BCUT2D eigenvalue weighted by Gasteiger charge is 2.20. The Hall–Kier alpha value is -0.770. The van der Waals surface area contributed by atoms with Crippen molar-refractivity contribution in [3.8, 4) is 0 Å². The Labute approximate surface area is 92.8 Å². The quantitative estimate of drug-likeness (QED) is 0.781. The summed E-state index contributed by atoms with van der Waals surface area (Å²) in [5.74, 6) is 0. The van der Waals surface area contributed by atoms with E-state index in [1.54, 1.807) is 7.05 Å². The number of hydrogen-bond acceptors (Lipinski definition) is 3. The number of likely N-dealkylation sites (N-methyl/N-ethyl adjacent to an activating group) is 1. The first kappa shape index (κ1) is 14.2. The molecule has 90 valence electrons. The Morgan fingerprint density at radius 3 is 2.40 bits per heavy atom. The highest BCUT2D eigenvalue weighted by Crippen LogP contribution is 2.09. The smallest absolute Gasteiger partial charge is 0.410 e. The molecule has 0 saturated heterocycles. The van der Waals surface area contributed by atoms with Gasteiger partial charge in [-0.15, -0.1) is 0 Å². The third kappa shape index (κ3) is 7.19. The number of rotatable bonds is 4. The van der Waals surface area contributed by atoms with Crippen LogP contribution in [-0.4, -0.2) is 36.2 Å². The van der Waals surface area contributed by atoms with Crippen LogP contribution in [0.2, 0.25) is 0 Å². The van der Waals surface area contributed by atoms with E-state index in [9.17, 15) is 4.79 Å². The predicted octanol–water partition coefficient (Wildman–Crippen LogP) is 1.98. The summed E-state index contributed by atoms with van der Waals surface area (Å²) in [5, 5.41) is 0. The van der Waals surface area contributed by atoms with Crippen molar-refractivity contribution in [1.29, 1.82) is 0 Å². The molecule has 0 unspecified atom stereocenters. The molecular weight excluding hydrogens is 192 g/mol. The molecule has 1 atom stereocenters. The molecule has 0 saturated carbocycles. The standard InChI is InChI=1S/C11H24N2O2/c1-6-7-9(12)8-13(5)10(14)15-11(2,3)4/h9H,6-8,12H2,1-5H3/t9-/m1/s1. The number of hydrogen-bond donors (Lipinski definition) is 1. The van der Waals surface area contributed by atoms with Crippen LogP contribution in [0.25, 0.3) is 0 Å². The first-order valence-corrected chi connectivity index (χ1v) is 5.46.